The molecule has 0 spiro atoms. The second-order valence-electron chi connectivity index (χ2n) is 3.58. The molecule has 0 aliphatic rings. The second kappa shape index (κ2) is 5.85. The van der Waals surface area contributed by atoms with Crippen molar-refractivity contribution >= 4 is 17.0 Å². The van der Waals surface area contributed by atoms with Crippen molar-refractivity contribution in [2.75, 3.05) is 4.72 Å². The van der Waals surface area contributed by atoms with Crippen molar-refractivity contribution in [1.82, 2.24) is 5.32 Å². The molecule has 0 amide bonds. The van der Waals surface area contributed by atoms with Gasteiger partial charge in [-0.15, -0.1) is 0 Å². The third kappa shape index (κ3) is 4.92. The topological polar surface area (TPSA) is 61.4 Å². The van der Waals surface area contributed by atoms with Gasteiger partial charge in [0.25, 0.3) is 11.3 Å². The molecule has 1 unspecified atom stereocenters. The molecule has 1 aromatic rings. The lowest BCUT2D eigenvalue weighted by Gasteiger charge is -2.08. The molecule has 0 aliphatic carbocycles. The van der Waals surface area contributed by atoms with Crippen LogP contribution in [0.5, 0.6) is 0 Å². The zero-order valence-corrected chi connectivity index (χ0v) is 9.67. The third-order valence-corrected chi connectivity index (χ3v) is 2.28. The van der Waals surface area contributed by atoms with Crippen molar-refractivity contribution in [3.05, 3.63) is 29.8 Å². The van der Waals surface area contributed by atoms with E-state index in [2.05, 4.69) is 23.9 Å². The highest BCUT2D eigenvalue weighted by atomic mass is 32.2. The molecule has 0 saturated carbocycles. The van der Waals surface area contributed by atoms with Crippen LogP contribution in [0.4, 0.5) is 5.69 Å². The van der Waals surface area contributed by atoms with Gasteiger partial charge in [-0.2, -0.15) is 0 Å². The Labute approximate surface area is 92.5 Å². The summed E-state index contributed by atoms with van der Waals surface area (Å²) in [6.07, 6.45) is 0. The fraction of sp³-hybridized carbons (Fsp3) is 0.400. The van der Waals surface area contributed by atoms with E-state index in [0.29, 0.717) is 11.7 Å². The van der Waals surface area contributed by atoms with E-state index in [0.717, 1.165) is 12.1 Å². The Morgan fingerprint density at radius 1 is 1.33 bits per heavy atom. The summed E-state index contributed by atoms with van der Waals surface area (Å²) >= 11 is -2.00. The molecular formula is C10H16N2O2S. The van der Waals surface area contributed by atoms with E-state index in [4.69, 9.17) is 4.55 Å². The molecule has 4 nitrogen and oxygen atoms in total. The summed E-state index contributed by atoms with van der Waals surface area (Å²) in [5.74, 6) is 0. The molecule has 1 atom stereocenters. The van der Waals surface area contributed by atoms with Crippen molar-refractivity contribution < 1.29 is 8.76 Å². The van der Waals surface area contributed by atoms with E-state index < -0.39 is 11.3 Å². The molecule has 5 heteroatoms. The predicted octanol–water partition coefficient (Wildman–Crippen LogP) is 1.73. The van der Waals surface area contributed by atoms with E-state index in [9.17, 15) is 4.21 Å². The van der Waals surface area contributed by atoms with Crippen LogP contribution in [0, 0.1) is 0 Å². The number of nitrogens with one attached hydrogen (secondary N) is 2. The Kier molecular flexibility index (Phi) is 4.74. The van der Waals surface area contributed by atoms with Crippen LogP contribution in [-0.2, 0) is 17.8 Å². The second-order valence-corrected chi connectivity index (χ2v) is 4.29. The Bertz CT molecular complexity index is 325. The summed E-state index contributed by atoms with van der Waals surface area (Å²) in [5.41, 5.74) is 1.79. The van der Waals surface area contributed by atoms with Gasteiger partial charge in [0.15, 0.2) is 0 Å². The number of hydrogen-bond acceptors (Lipinski definition) is 2. The van der Waals surface area contributed by atoms with Crippen LogP contribution in [0.15, 0.2) is 24.3 Å². The van der Waals surface area contributed by atoms with Crippen molar-refractivity contribution in [2.45, 2.75) is 26.4 Å². The molecule has 1 rings (SSSR count). The number of rotatable bonds is 5. The molecule has 1 aromatic carbocycles. The van der Waals surface area contributed by atoms with Crippen LogP contribution >= 0.6 is 0 Å². The number of benzene rings is 1. The highest BCUT2D eigenvalue weighted by Crippen LogP contribution is 2.09. The summed E-state index contributed by atoms with van der Waals surface area (Å²) in [7, 11) is 0. The Morgan fingerprint density at radius 2 is 1.93 bits per heavy atom. The summed E-state index contributed by atoms with van der Waals surface area (Å²) in [4.78, 5) is 0. The Morgan fingerprint density at radius 3 is 2.40 bits per heavy atom. The molecule has 15 heavy (non-hydrogen) atoms. The van der Waals surface area contributed by atoms with Gasteiger partial charge in [-0.1, -0.05) is 26.0 Å². The van der Waals surface area contributed by atoms with Crippen molar-refractivity contribution in [1.29, 1.82) is 0 Å². The maximum absolute atomic E-state index is 10.5. The van der Waals surface area contributed by atoms with Crippen LogP contribution in [-0.4, -0.2) is 14.8 Å². The van der Waals surface area contributed by atoms with Gasteiger partial charge in [-0.05, 0) is 17.7 Å². The minimum absolute atomic E-state index is 0.452. The third-order valence-electron chi connectivity index (χ3n) is 1.87. The van der Waals surface area contributed by atoms with Crippen molar-refractivity contribution in [2.24, 2.45) is 0 Å². The van der Waals surface area contributed by atoms with Gasteiger partial charge < -0.3 is 5.32 Å². The Balaban J connectivity index is 2.52. The predicted molar refractivity (Wildman–Crippen MR) is 62.8 cm³/mol. The minimum atomic E-state index is -2.00. The fourth-order valence-electron chi connectivity index (χ4n) is 1.11. The lowest BCUT2D eigenvalue weighted by molar-refractivity contribution is 0.570. The SMILES string of the molecule is CC(C)NCc1ccc(NS(=O)O)cc1. The molecule has 0 aromatic heterocycles. The molecule has 0 fully saturated rings. The summed E-state index contributed by atoms with van der Waals surface area (Å²) in [5, 5.41) is 3.29. The van der Waals surface area contributed by atoms with Gasteiger partial charge >= 0.3 is 0 Å². The Hall–Kier alpha value is -0.910. The smallest absolute Gasteiger partial charge is 0.259 e. The lowest BCUT2D eigenvalue weighted by Crippen LogP contribution is -2.21. The van der Waals surface area contributed by atoms with E-state index in [-0.39, 0.29) is 0 Å². The van der Waals surface area contributed by atoms with Gasteiger partial charge in [0.2, 0.25) is 0 Å². The van der Waals surface area contributed by atoms with Crippen molar-refractivity contribution in [3.63, 3.8) is 0 Å². The lowest BCUT2D eigenvalue weighted by atomic mass is 10.2. The number of hydrogen-bond donors (Lipinski definition) is 3. The van der Waals surface area contributed by atoms with Gasteiger partial charge in [0.1, 0.15) is 0 Å². The summed E-state index contributed by atoms with van der Waals surface area (Å²) in [6.45, 7) is 4.98. The van der Waals surface area contributed by atoms with Crippen LogP contribution < -0.4 is 10.0 Å². The highest BCUT2D eigenvalue weighted by molar-refractivity contribution is 7.80. The maximum atomic E-state index is 10.5. The molecule has 0 saturated heterocycles. The van der Waals surface area contributed by atoms with Gasteiger partial charge in [0, 0.05) is 18.3 Å². The number of anilines is 1. The van der Waals surface area contributed by atoms with Gasteiger partial charge in [-0.3, -0.25) is 9.27 Å². The zero-order valence-electron chi connectivity index (χ0n) is 8.86. The standard InChI is InChI=1S/C10H16N2O2S/c1-8(2)11-7-9-3-5-10(6-4-9)12-15(13)14/h3-6,8,11-12H,7H2,1-2H3,(H,13,14). The average molecular weight is 228 g/mol. The van der Waals surface area contributed by atoms with E-state index in [1.165, 1.54) is 0 Å². The molecule has 84 valence electrons. The largest absolute Gasteiger partial charge is 0.310 e. The van der Waals surface area contributed by atoms with Crippen LogP contribution in [0.2, 0.25) is 0 Å². The average Bonchev–Trinajstić information content (AvgIpc) is 2.16. The molecule has 0 radical (unpaired) electrons. The van der Waals surface area contributed by atoms with Crippen molar-refractivity contribution in [3.8, 4) is 0 Å². The van der Waals surface area contributed by atoms with E-state index >= 15 is 0 Å². The molecular weight excluding hydrogens is 212 g/mol. The quantitative estimate of drug-likeness (QED) is 0.673. The maximum Gasteiger partial charge on any atom is 0.259 e. The van der Waals surface area contributed by atoms with E-state index in [1.54, 1.807) is 12.1 Å². The summed E-state index contributed by atoms with van der Waals surface area (Å²) in [6, 6.07) is 7.86. The van der Waals surface area contributed by atoms with Gasteiger partial charge in [0.05, 0.1) is 0 Å². The van der Waals surface area contributed by atoms with Gasteiger partial charge in [-0.25, -0.2) is 4.21 Å². The first kappa shape index (κ1) is 12.2. The molecule has 3 N–H and O–H groups in total. The first-order valence-corrected chi connectivity index (χ1v) is 5.88. The molecule has 0 heterocycles. The fourth-order valence-corrected chi connectivity index (χ4v) is 1.45. The molecule has 0 aliphatic heterocycles. The monoisotopic (exact) mass is 228 g/mol. The van der Waals surface area contributed by atoms with Crippen LogP contribution in [0.25, 0.3) is 0 Å². The first-order valence-electron chi connectivity index (χ1n) is 4.78. The normalized spacial score (nSPS) is 12.8. The molecule has 0 bridgehead atoms. The van der Waals surface area contributed by atoms with Crippen LogP contribution in [0.1, 0.15) is 19.4 Å². The highest BCUT2D eigenvalue weighted by Gasteiger charge is 1.97. The minimum Gasteiger partial charge on any atom is -0.310 e. The summed E-state index contributed by atoms with van der Waals surface area (Å²) < 4.78 is 21.5. The van der Waals surface area contributed by atoms with Crippen LogP contribution in [0.3, 0.4) is 0 Å². The zero-order chi connectivity index (χ0) is 11.3. The van der Waals surface area contributed by atoms with E-state index in [1.807, 2.05) is 12.1 Å². The first-order chi connectivity index (χ1) is 7.08.